The molecule has 1 N–H and O–H groups in total. The number of nitrogens with zero attached hydrogens (tertiary/aromatic N) is 2. The molecule has 1 aromatic heterocycles. The maximum Gasteiger partial charge on any atom is 0.270 e. The number of benzene rings is 1. The van der Waals surface area contributed by atoms with Gasteiger partial charge in [0.05, 0.1) is 12.3 Å². The highest BCUT2D eigenvalue weighted by molar-refractivity contribution is 7.80. The van der Waals surface area contributed by atoms with Crippen LogP contribution in [0, 0.1) is 13.8 Å². The average Bonchev–Trinajstić information content (AvgIpc) is 2.91. The highest BCUT2D eigenvalue weighted by Crippen LogP contribution is 2.24. The molecule has 0 unspecified atom stereocenters. The van der Waals surface area contributed by atoms with Gasteiger partial charge in [0.1, 0.15) is 5.57 Å². The molecule has 2 heterocycles. The minimum Gasteiger partial charge on any atom is -0.383 e. The molecule has 6 nitrogen and oxygen atoms in total. The van der Waals surface area contributed by atoms with Crippen molar-refractivity contribution in [1.29, 1.82) is 0 Å². The van der Waals surface area contributed by atoms with E-state index in [9.17, 15) is 9.59 Å². The van der Waals surface area contributed by atoms with Gasteiger partial charge in [-0.3, -0.25) is 19.8 Å². The zero-order chi connectivity index (χ0) is 19.6. The van der Waals surface area contributed by atoms with Gasteiger partial charge < -0.3 is 9.30 Å². The molecule has 1 aliphatic rings. The number of nitrogens with one attached hydrogen (secondary N) is 1. The Labute approximate surface area is 163 Å². The first kappa shape index (κ1) is 19.0. The van der Waals surface area contributed by atoms with E-state index < -0.39 is 11.8 Å². The number of para-hydroxylation sites is 1. The first-order chi connectivity index (χ1) is 12.9. The molecular formula is C20H21N3O3S. The molecule has 3 rings (SSSR count). The number of anilines is 1. The Morgan fingerprint density at radius 3 is 2.56 bits per heavy atom. The standard InChI is InChI=1S/C20H21N3O3S/c1-13-11-15(14(2)22(13)9-10-26-3)12-17-18(24)21-20(27)23(19(17)25)16-7-5-4-6-8-16/h4-8,11-12H,9-10H2,1-3H3,(H,21,24,27). The third-order valence-corrected chi connectivity index (χ3v) is 4.83. The fourth-order valence-electron chi connectivity index (χ4n) is 3.13. The number of methoxy groups -OCH3 is 1. The first-order valence-corrected chi connectivity index (χ1v) is 8.97. The Hall–Kier alpha value is -2.77. The Morgan fingerprint density at radius 1 is 1.19 bits per heavy atom. The number of hydrogen-bond donors (Lipinski definition) is 1. The van der Waals surface area contributed by atoms with Crippen molar-refractivity contribution in [1.82, 2.24) is 9.88 Å². The summed E-state index contributed by atoms with van der Waals surface area (Å²) in [6.45, 7) is 5.23. The lowest BCUT2D eigenvalue weighted by atomic mass is 10.1. The molecular weight excluding hydrogens is 362 g/mol. The second kappa shape index (κ2) is 7.85. The van der Waals surface area contributed by atoms with E-state index in [1.54, 1.807) is 25.3 Å². The van der Waals surface area contributed by atoms with Crippen molar-refractivity contribution in [3.63, 3.8) is 0 Å². The van der Waals surface area contributed by atoms with E-state index in [-0.39, 0.29) is 10.7 Å². The summed E-state index contributed by atoms with van der Waals surface area (Å²) in [5, 5.41) is 2.69. The predicted molar refractivity (Wildman–Crippen MR) is 108 cm³/mol. The third-order valence-electron chi connectivity index (χ3n) is 4.55. The molecule has 1 fully saturated rings. The van der Waals surface area contributed by atoms with Crippen LogP contribution < -0.4 is 10.2 Å². The van der Waals surface area contributed by atoms with Crippen molar-refractivity contribution in [2.45, 2.75) is 20.4 Å². The maximum absolute atomic E-state index is 13.0. The largest absolute Gasteiger partial charge is 0.383 e. The van der Waals surface area contributed by atoms with Crippen LogP contribution in [0.5, 0.6) is 0 Å². The van der Waals surface area contributed by atoms with Crippen molar-refractivity contribution >= 4 is 40.9 Å². The number of hydrogen-bond acceptors (Lipinski definition) is 4. The van der Waals surface area contributed by atoms with Gasteiger partial charge in [-0.15, -0.1) is 0 Å². The van der Waals surface area contributed by atoms with E-state index in [1.165, 1.54) is 4.90 Å². The van der Waals surface area contributed by atoms with Crippen LogP contribution in [-0.4, -0.2) is 35.2 Å². The lowest BCUT2D eigenvalue weighted by Crippen LogP contribution is -2.54. The smallest absolute Gasteiger partial charge is 0.270 e. The molecule has 2 aromatic rings. The maximum atomic E-state index is 13.0. The first-order valence-electron chi connectivity index (χ1n) is 8.56. The normalized spacial score (nSPS) is 16.2. The van der Waals surface area contributed by atoms with Gasteiger partial charge in [0.25, 0.3) is 11.8 Å². The molecule has 0 spiro atoms. The van der Waals surface area contributed by atoms with Gasteiger partial charge in [-0.25, -0.2) is 0 Å². The quantitative estimate of drug-likeness (QED) is 0.490. The van der Waals surface area contributed by atoms with Crippen LogP contribution in [0.15, 0.2) is 42.0 Å². The number of ether oxygens (including phenoxy) is 1. The van der Waals surface area contributed by atoms with E-state index in [4.69, 9.17) is 17.0 Å². The van der Waals surface area contributed by atoms with Crippen LogP contribution in [0.1, 0.15) is 17.0 Å². The summed E-state index contributed by atoms with van der Waals surface area (Å²) in [5.41, 5.74) is 3.50. The Morgan fingerprint density at radius 2 is 1.89 bits per heavy atom. The van der Waals surface area contributed by atoms with Crippen LogP contribution in [-0.2, 0) is 20.9 Å². The lowest BCUT2D eigenvalue weighted by molar-refractivity contribution is -0.122. The van der Waals surface area contributed by atoms with Gasteiger partial charge in [0.15, 0.2) is 5.11 Å². The van der Waals surface area contributed by atoms with E-state index in [2.05, 4.69) is 9.88 Å². The number of thiocarbonyl (C=S) groups is 1. The summed E-state index contributed by atoms with van der Waals surface area (Å²) in [6.07, 6.45) is 1.63. The molecule has 2 amide bonds. The average molecular weight is 383 g/mol. The Kier molecular flexibility index (Phi) is 5.53. The van der Waals surface area contributed by atoms with Crippen LogP contribution in [0.2, 0.25) is 0 Å². The number of amides is 2. The summed E-state index contributed by atoms with van der Waals surface area (Å²) >= 11 is 5.21. The van der Waals surface area contributed by atoms with Gasteiger partial charge in [-0.1, -0.05) is 18.2 Å². The fourth-order valence-corrected chi connectivity index (χ4v) is 3.41. The number of carbonyl (C=O) groups excluding carboxylic acids is 2. The second-order valence-electron chi connectivity index (χ2n) is 6.26. The predicted octanol–water partition coefficient (Wildman–Crippen LogP) is 2.58. The highest BCUT2D eigenvalue weighted by Gasteiger charge is 2.34. The molecule has 7 heteroatoms. The summed E-state index contributed by atoms with van der Waals surface area (Å²) in [4.78, 5) is 26.8. The van der Waals surface area contributed by atoms with Crippen molar-refractivity contribution in [3.05, 3.63) is 58.9 Å². The highest BCUT2D eigenvalue weighted by atomic mass is 32.1. The summed E-state index contributed by atoms with van der Waals surface area (Å²) in [5.74, 6) is -0.921. The van der Waals surface area contributed by atoms with Crippen LogP contribution in [0.4, 0.5) is 5.69 Å². The molecule has 0 aliphatic carbocycles. The van der Waals surface area contributed by atoms with Crippen molar-refractivity contribution in [3.8, 4) is 0 Å². The molecule has 27 heavy (non-hydrogen) atoms. The molecule has 140 valence electrons. The topological polar surface area (TPSA) is 63.6 Å². The Balaban J connectivity index is 1.99. The molecule has 1 saturated heterocycles. The zero-order valence-electron chi connectivity index (χ0n) is 15.5. The second-order valence-corrected chi connectivity index (χ2v) is 6.65. The summed E-state index contributed by atoms with van der Waals surface area (Å²) in [6, 6.07) is 11.0. The molecule has 0 radical (unpaired) electrons. The number of aromatic nitrogens is 1. The number of carbonyl (C=O) groups is 2. The fraction of sp³-hybridized carbons (Fsp3) is 0.250. The van der Waals surface area contributed by atoms with Gasteiger partial charge in [0.2, 0.25) is 0 Å². The van der Waals surface area contributed by atoms with Crippen LogP contribution >= 0.6 is 12.2 Å². The minimum absolute atomic E-state index is 0.0550. The van der Waals surface area contributed by atoms with Gasteiger partial charge in [0, 0.05) is 25.0 Å². The monoisotopic (exact) mass is 383 g/mol. The van der Waals surface area contributed by atoms with Crippen molar-refractivity contribution in [2.24, 2.45) is 0 Å². The number of aryl methyl sites for hydroxylation is 1. The summed E-state index contributed by atoms with van der Waals surface area (Å²) in [7, 11) is 1.66. The van der Waals surface area contributed by atoms with E-state index in [0.29, 0.717) is 18.8 Å². The molecule has 1 aliphatic heterocycles. The molecule has 1 aromatic carbocycles. The summed E-state index contributed by atoms with van der Waals surface area (Å²) < 4.78 is 7.25. The lowest BCUT2D eigenvalue weighted by Gasteiger charge is -2.28. The van der Waals surface area contributed by atoms with E-state index >= 15 is 0 Å². The van der Waals surface area contributed by atoms with Crippen LogP contribution in [0.3, 0.4) is 0 Å². The SMILES string of the molecule is COCCn1c(C)cc(C=C2C(=O)NC(=S)N(c3ccccc3)C2=O)c1C. The molecule has 0 atom stereocenters. The minimum atomic E-state index is -0.487. The molecule has 0 saturated carbocycles. The molecule has 0 bridgehead atoms. The van der Waals surface area contributed by atoms with E-state index in [0.717, 1.165) is 17.0 Å². The number of rotatable bonds is 5. The van der Waals surface area contributed by atoms with Crippen molar-refractivity contribution < 1.29 is 14.3 Å². The van der Waals surface area contributed by atoms with Crippen molar-refractivity contribution in [2.75, 3.05) is 18.6 Å². The van der Waals surface area contributed by atoms with Crippen LogP contribution in [0.25, 0.3) is 6.08 Å². The zero-order valence-corrected chi connectivity index (χ0v) is 16.3. The van der Waals surface area contributed by atoms with E-state index in [1.807, 2.05) is 38.1 Å². The Bertz CT molecular complexity index is 931. The van der Waals surface area contributed by atoms with Gasteiger partial charge in [-0.05, 0) is 55.9 Å². The van der Waals surface area contributed by atoms with Gasteiger partial charge >= 0.3 is 0 Å². The third kappa shape index (κ3) is 3.70. The van der Waals surface area contributed by atoms with Gasteiger partial charge in [-0.2, -0.15) is 0 Å².